The molecule has 0 aliphatic rings. The number of likely N-dealkylation sites (N-methyl/N-ethyl adjacent to an activating group) is 1. The summed E-state index contributed by atoms with van der Waals surface area (Å²) in [6.45, 7) is 6.66. The summed E-state index contributed by atoms with van der Waals surface area (Å²) in [5.41, 5.74) is 0. The number of thiophene rings is 1. The lowest BCUT2D eigenvalue weighted by Crippen LogP contribution is -2.30. The van der Waals surface area contributed by atoms with E-state index in [0.29, 0.717) is 18.7 Å². The Balaban J connectivity index is 2.35. The van der Waals surface area contributed by atoms with E-state index in [4.69, 9.17) is 0 Å². The van der Waals surface area contributed by atoms with Crippen LogP contribution in [0.4, 0.5) is 0 Å². The molecule has 0 saturated carbocycles. The standard InChI is InChI=1S/C11H17NOS/c1-3-12(4-2)9-10(13)8-11-6-5-7-14-11/h5-7H,3-4,8-9H2,1-2H3. The molecule has 0 atom stereocenters. The lowest BCUT2D eigenvalue weighted by atomic mass is 10.2. The second-order valence-electron chi connectivity index (χ2n) is 3.26. The second-order valence-corrected chi connectivity index (χ2v) is 4.29. The molecule has 14 heavy (non-hydrogen) atoms. The van der Waals surface area contributed by atoms with Gasteiger partial charge in [-0.1, -0.05) is 19.9 Å². The van der Waals surface area contributed by atoms with Gasteiger partial charge in [0.05, 0.1) is 6.54 Å². The highest BCUT2D eigenvalue weighted by atomic mass is 32.1. The van der Waals surface area contributed by atoms with Crippen LogP contribution in [0.25, 0.3) is 0 Å². The van der Waals surface area contributed by atoms with Crippen molar-refractivity contribution < 1.29 is 4.79 Å². The van der Waals surface area contributed by atoms with E-state index in [1.54, 1.807) is 11.3 Å². The highest BCUT2D eigenvalue weighted by Gasteiger charge is 2.08. The quantitative estimate of drug-likeness (QED) is 0.719. The van der Waals surface area contributed by atoms with Gasteiger partial charge < -0.3 is 0 Å². The van der Waals surface area contributed by atoms with Crippen molar-refractivity contribution in [3.8, 4) is 0 Å². The van der Waals surface area contributed by atoms with Crippen LogP contribution >= 0.6 is 11.3 Å². The van der Waals surface area contributed by atoms with Gasteiger partial charge in [0, 0.05) is 11.3 Å². The number of carbonyl (C=O) groups excluding carboxylic acids is 1. The van der Waals surface area contributed by atoms with Crippen LogP contribution in [-0.4, -0.2) is 30.3 Å². The fourth-order valence-corrected chi connectivity index (χ4v) is 2.09. The van der Waals surface area contributed by atoms with Crippen molar-refractivity contribution in [2.75, 3.05) is 19.6 Å². The molecule has 1 aromatic heterocycles. The van der Waals surface area contributed by atoms with Gasteiger partial charge in [0.2, 0.25) is 0 Å². The van der Waals surface area contributed by atoms with Gasteiger partial charge in [-0.3, -0.25) is 9.69 Å². The third-order valence-corrected chi connectivity index (χ3v) is 3.12. The Bertz CT molecular complexity index is 265. The van der Waals surface area contributed by atoms with E-state index in [1.807, 2.05) is 17.5 Å². The fraction of sp³-hybridized carbons (Fsp3) is 0.545. The average Bonchev–Trinajstić information content (AvgIpc) is 2.66. The highest BCUT2D eigenvalue weighted by molar-refractivity contribution is 7.10. The molecule has 0 amide bonds. The monoisotopic (exact) mass is 211 g/mol. The topological polar surface area (TPSA) is 20.3 Å². The molecule has 0 spiro atoms. The molecule has 0 radical (unpaired) electrons. The fourth-order valence-electron chi connectivity index (χ4n) is 1.36. The summed E-state index contributed by atoms with van der Waals surface area (Å²) in [6.07, 6.45) is 0.591. The molecule has 1 rings (SSSR count). The van der Waals surface area contributed by atoms with Crippen molar-refractivity contribution in [1.29, 1.82) is 0 Å². The van der Waals surface area contributed by atoms with Crippen LogP contribution in [-0.2, 0) is 11.2 Å². The minimum absolute atomic E-state index is 0.316. The summed E-state index contributed by atoms with van der Waals surface area (Å²) in [5.74, 6) is 0.316. The second kappa shape index (κ2) is 5.94. The van der Waals surface area contributed by atoms with E-state index in [-0.39, 0.29) is 0 Å². The van der Waals surface area contributed by atoms with Crippen LogP contribution in [0, 0.1) is 0 Å². The Morgan fingerprint density at radius 1 is 1.43 bits per heavy atom. The largest absolute Gasteiger partial charge is 0.298 e. The molecule has 0 bridgehead atoms. The Kier molecular flexibility index (Phi) is 4.84. The number of Topliss-reactive ketones (excluding diaryl/α,β-unsaturated/α-hetero) is 1. The lowest BCUT2D eigenvalue weighted by Gasteiger charge is -2.16. The molecule has 0 unspecified atom stereocenters. The first-order chi connectivity index (χ1) is 6.76. The third-order valence-electron chi connectivity index (χ3n) is 2.25. The third kappa shape index (κ3) is 3.60. The summed E-state index contributed by atoms with van der Waals surface area (Å²) in [7, 11) is 0. The zero-order valence-electron chi connectivity index (χ0n) is 8.82. The van der Waals surface area contributed by atoms with Gasteiger partial charge in [-0.05, 0) is 24.5 Å². The average molecular weight is 211 g/mol. The van der Waals surface area contributed by atoms with Crippen LogP contribution in [0.2, 0.25) is 0 Å². The van der Waals surface area contributed by atoms with Gasteiger partial charge in [-0.2, -0.15) is 0 Å². The van der Waals surface area contributed by atoms with Gasteiger partial charge >= 0.3 is 0 Å². The number of hydrogen-bond acceptors (Lipinski definition) is 3. The molecule has 0 aliphatic carbocycles. The van der Waals surface area contributed by atoms with Crippen molar-refractivity contribution in [1.82, 2.24) is 4.90 Å². The van der Waals surface area contributed by atoms with Crippen molar-refractivity contribution in [3.05, 3.63) is 22.4 Å². The minimum atomic E-state index is 0.316. The van der Waals surface area contributed by atoms with Crippen molar-refractivity contribution in [3.63, 3.8) is 0 Å². The van der Waals surface area contributed by atoms with E-state index in [1.165, 1.54) is 4.88 Å². The zero-order chi connectivity index (χ0) is 10.4. The summed E-state index contributed by atoms with van der Waals surface area (Å²) in [4.78, 5) is 14.9. The summed E-state index contributed by atoms with van der Waals surface area (Å²) in [6, 6.07) is 4.01. The molecule has 1 aromatic rings. The Labute approximate surface area is 89.5 Å². The van der Waals surface area contributed by atoms with Gasteiger partial charge in [-0.25, -0.2) is 0 Å². The number of nitrogens with zero attached hydrogens (tertiary/aromatic N) is 1. The molecule has 0 aliphatic heterocycles. The van der Waals surface area contributed by atoms with Gasteiger partial charge in [0.25, 0.3) is 0 Å². The highest BCUT2D eigenvalue weighted by Crippen LogP contribution is 2.09. The van der Waals surface area contributed by atoms with E-state index in [0.717, 1.165) is 13.1 Å². The Morgan fingerprint density at radius 3 is 2.64 bits per heavy atom. The molecule has 1 heterocycles. The first kappa shape index (κ1) is 11.4. The molecule has 3 heteroatoms. The van der Waals surface area contributed by atoms with Crippen LogP contribution in [0.3, 0.4) is 0 Å². The van der Waals surface area contributed by atoms with E-state index >= 15 is 0 Å². The normalized spacial score (nSPS) is 10.8. The molecule has 0 N–H and O–H groups in total. The van der Waals surface area contributed by atoms with Gasteiger partial charge in [-0.15, -0.1) is 11.3 Å². The SMILES string of the molecule is CCN(CC)CC(=O)Cc1cccs1. The molecular weight excluding hydrogens is 194 g/mol. The molecule has 2 nitrogen and oxygen atoms in total. The lowest BCUT2D eigenvalue weighted by molar-refractivity contribution is -0.119. The summed E-state index contributed by atoms with van der Waals surface area (Å²) < 4.78 is 0. The number of hydrogen-bond donors (Lipinski definition) is 0. The van der Waals surface area contributed by atoms with Crippen LogP contribution < -0.4 is 0 Å². The molecule has 0 saturated heterocycles. The van der Waals surface area contributed by atoms with Gasteiger partial charge in [0.15, 0.2) is 5.78 Å². The van der Waals surface area contributed by atoms with E-state index < -0.39 is 0 Å². The van der Waals surface area contributed by atoms with Crippen molar-refractivity contribution in [2.24, 2.45) is 0 Å². The van der Waals surface area contributed by atoms with Crippen molar-refractivity contribution >= 4 is 17.1 Å². The molecular formula is C11H17NOS. The first-order valence-electron chi connectivity index (χ1n) is 5.02. The Morgan fingerprint density at radius 2 is 2.14 bits per heavy atom. The predicted octanol–water partition coefficient (Wildman–Crippen LogP) is 2.20. The summed E-state index contributed by atoms with van der Waals surface area (Å²) >= 11 is 1.65. The van der Waals surface area contributed by atoms with Crippen LogP contribution in [0.15, 0.2) is 17.5 Å². The maximum Gasteiger partial charge on any atom is 0.152 e. The maximum absolute atomic E-state index is 11.6. The van der Waals surface area contributed by atoms with Crippen molar-refractivity contribution in [2.45, 2.75) is 20.3 Å². The van der Waals surface area contributed by atoms with Crippen LogP contribution in [0.1, 0.15) is 18.7 Å². The van der Waals surface area contributed by atoms with E-state index in [9.17, 15) is 4.79 Å². The maximum atomic E-state index is 11.6. The number of ketones is 1. The number of rotatable bonds is 6. The smallest absolute Gasteiger partial charge is 0.152 e. The van der Waals surface area contributed by atoms with E-state index in [2.05, 4.69) is 18.7 Å². The molecule has 0 fully saturated rings. The summed E-state index contributed by atoms with van der Waals surface area (Å²) in [5, 5.41) is 2.01. The van der Waals surface area contributed by atoms with Crippen LogP contribution in [0.5, 0.6) is 0 Å². The molecule has 0 aromatic carbocycles. The Hall–Kier alpha value is -0.670. The minimum Gasteiger partial charge on any atom is -0.298 e. The first-order valence-corrected chi connectivity index (χ1v) is 5.90. The molecule has 78 valence electrons. The zero-order valence-corrected chi connectivity index (χ0v) is 9.64. The predicted molar refractivity (Wildman–Crippen MR) is 60.8 cm³/mol. The number of carbonyl (C=O) groups is 1. The van der Waals surface area contributed by atoms with Gasteiger partial charge in [0.1, 0.15) is 0 Å².